The molecule has 0 unspecified atom stereocenters. The highest BCUT2D eigenvalue weighted by Gasteiger charge is 2.32. The molecule has 0 saturated heterocycles. The molecule has 2 heterocycles. The Hall–Kier alpha value is -2.30. The summed E-state index contributed by atoms with van der Waals surface area (Å²) in [4.78, 5) is 24.5. The van der Waals surface area contributed by atoms with Gasteiger partial charge in [-0.25, -0.2) is 0 Å². The summed E-state index contributed by atoms with van der Waals surface area (Å²) in [6.45, 7) is 6.05. The van der Waals surface area contributed by atoms with Gasteiger partial charge in [-0.2, -0.15) is 0 Å². The summed E-state index contributed by atoms with van der Waals surface area (Å²) in [6.07, 6.45) is 1.28. The molecular formula is C17H21N3O2. The molecule has 1 aromatic carbocycles. The van der Waals surface area contributed by atoms with Gasteiger partial charge in [0.2, 0.25) is 5.91 Å². The van der Waals surface area contributed by atoms with E-state index in [1.54, 1.807) is 4.68 Å². The molecule has 0 aliphatic carbocycles. The molecule has 1 amide bonds. The normalized spacial score (nSPS) is 17.5. The van der Waals surface area contributed by atoms with Crippen molar-refractivity contribution >= 4 is 11.7 Å². The van der Waals surface area contributed by atoms with Gasteiger partial charge >= 0.3 is 0 Å². The van der Waals surface area contributed by atoms with Crippen LogP contribution in [0.2, 0.25) is 0 Å². The Morgan fingerprint density at radius 2 is 1.91 bits per heavy atom. The van der Waals surface area contributed by atoms with Gasteiger partial charge < -0.3 is 5.32 Å². The number of hydrogen-bond donors (Lipinski definition) is 2. The number of nitrogens with zero attached hydrogens (tertiary/aromatic N) is 1. The van der Waals surface area contributed by atoms with E-state index >= 15 is 0 Å². The van der Waals surface area contributed by atoms with Crippen molar-refractivity contribution < 1.29 is 4.79 Å². The number of amides is 1. The third-order valence-electron chi connectivity index (χ3n) is 4.27. The Labute approximate surface area is 129 Å². The average molecular weight is 299 g/mol. The highest BCUT2D eigenvalue weighted by Crippen LogP contribution is 2.35. The van der Waals surface area contributed by atoms with Gasteiger partial charge in [-0.1, -0.05) is 31.2 Å². The number of aromatic nitrogens is 2. The van der Waals surface area contributed by atoms with Crippen molar-refractivity contribution in [3.63, 3.8) is 0 Å². The quantitative estimate of drug-likeness (QED) is 0.915. The van der Waals surface area contributed by atoms with Crippen molar-refractivity contribution in [2.45, 2.75) is 45.6 Å². The van der Waals surface area contributed by atoms with Crippen LogP contribution in [-0.2, 0) is 11.2 Å². The van der Waals surface area contributed by atoms with Crippen molar-refractivity contribution in [2.24, 2.45) is 0 Å². The predicted octanol–water partition coefficient (Wildman–Crippen LogP) is 2.79. The lowest BCUT2D eigenvalue weighted by molar-refractivity contribution is -0.116. The molecule has 5 heteroatoms. The molecule has 1 aromatic heterocycles. The third kappa shape index (κ3) is 2.36. The lowest BCUT2D eigenvalue weighted by Crippen LogP contribution is -2.27. The molecule has 1 atom stereocenters. The smallest absolute Gasteiger partial charge is 0.270 e. The van der Waals surface area contributed by atoms with Crippen molar-refractivity contribution in [3.05, 3.63) is 51.3 Å². The van der Waals surface area contributed by atoms with Gasteiger partial charge in [-0.15, -0.1) is 0 Å². The Bertz CT molecular complexity index is 753. The van der Waals surface area contributed by atoms with E-state index in [-0.39, 0.29) is 23.4 Å². The number of H-pyrrole nitrogens is 1. The van der Waals surface area contributed by atoms with E-state index in [0.29, 0.717) is 17.8 Å². The van der Waals surface area contributed by atoms with Crippen molar-refractivity contribution in [2.75, 3.05) is 5.32 Å². The Morgan fingerprint density at radius 3 is 2.50 bits per heavy atom. The standard InChI is InChI=1S/C17H21N3O2/c1-4-11-5-7-12(8-6-11)13-9-14(21)18-16-15(13)17(22)19-20(16)10(2)3/h5-8,10,13H,4,9H2,1-3H3,(H,18,21)(H,19,22)/t13-/m1/s1. The van der Waals surface area contributed by atoms with Gasteiger partial charge in [0.1, 0.15) is 5.82 Å². The summed E-state index contributed by atoms with van der Waals surface area (Å²) in [7, 11) is 0. The fourth-order valence-electron chi connectivity index (χ4n) is 3.04. The lowest BCUT2D eigenvalue weighted by atomic mass is 9.86. The van der Waals surface area contributed by atoms with Crippen LogP contribution in [0.5, 0.6) is 0 Å². The maximum absolute atomic E-state index is 12.4. The molecule has 2 N–H and O–H groups in total. The molecule has 2 aromatic rings. The number of aromatic amines is 1. The van der Waals surface area contributed by atoms with Crippen molar-refractivity contribution in [1.29, 1.82) is 0 Å². The molecule has 0 spiro atoms. The molecule has 116 valence electrons. The maximum Gasteiger partial charge on any atom is 0.270 e. The number of benzene rings is 1. The average Bonchev–Trinajstić information content (AvgIpc) is 2.84. The number of fused-ring (bicyclic) bond motifs is 1. The lowest BCUT2D eigenvalue weighted by Gasteiger charge is -2.24. The molecule has 5 nitrogen and oxygen atoms in total. The molecule has 1 aliphatic heterocycles. The summed E-state index contributed by atoms with van der Waals surface area (Å²) in [5.74, 6) is 0.379. The summed E-state index contributed by atoms with van der Waals surface area (Å²) in [5, 5.41) is 5.69. The zero-order valence-corrected chi connectivity index (χ0v) is 13.1. The van der Waals surface area contributed by atoms with Crippen LogP contribution in [0.25, 0.3) is 0 Å². The van der Waals surface area contributed by atoms with Crippen LogP contribution in [0.1, 0.15) is 55.8 Å². The first kappa shape index (κ1) is 14.6. The van der Waals surface area contributed by atoms with E-state index in [1.165, 1.54) is 5.56 Å². The van der Waals surface area contributed by atoms with E-state index in [4.69, 9.17) is 0 Å². The van der Waals surface area contributed by atoms with Crippen LogP contribution in [0, 0.1) is 0 Å². The first-order chi connectivity index (χ1) is 10.5. The SMILES string of the molecule is CCc1ccc([C@H]2CC(=O)Nc3c2c(=O)[nH]n3C(C)C)cc1. The minimum atomic E-state index is -0.182. The first-order valence-corrected chi connectivity index (χ1v) is 7.74. The topological polar surface area (TPSA) is 66.9 Å². The van der Waals surface area contributed by atoms with Crippen molar-refractivity contribution in [3.8, 4) is 0 Å². The molecule has 0 fully saturated rings. The summed E-state index contributed by atoms with van der Waals surface area (Å²) in [5.41, 5.74) is 2.81. The number of carbonyl (C=O) groups excluding carboxylic acids is 1. The minimum Gasteiger partial charge on any atom is -0.311 e. The summed E-state index contributed by atoms with van der Waals surface area (Å²) < 4.78 is 1.74. The van der Waals surface area contributed by atoms with Crippen LogP contribution in [0.3, 0.4) is 0 Å². The number of hydrogen-bond acceptors (Lipinski definition) is 2. The Morgan fingerprint density at radius 1 is 1.23 bits per heavy atom. The fourth-order valence-corrected chi connectivity index (χ4v) is 3.04. The summed E-state index contributed by atoms with van der Waals surface area (Å²) >= 11 is 0. The monoisotopic (exact) mass is 299 g/mol. The van der Waals surface area contributed by atoms with Crippen LogP contribution in [0.4, 0.5) is 5.82 Å². The second-order valence-electron chi connectivity index (χ2n) is 6.07. The van der Waals surface area contributed by atoms with Gasteiger partial charge in [-0.05, 0) is 31.4 Å². The number of carbonyl (C=O) groups is 1. The van der Waals surface area contributed by atoms with E-state index in [9.17, 15) is 9.59 Å². The fraction of sp³-hybridized carbons (Fsp3) is 0.412. The van der Waals surface area contributed by atoms with Gasteiger partial charge in [0.05, 0.1) is 5.56 Å². The molecule has 0 saturated carbocycles. The van der Waals surface area contributed by atoms with E-state index < -0.39 is 0 Å². The second kappa shape index (κ2) is 5.48. The largest absolute Gasteiger partial charge is 0.311 e. The number of aryl methyl sites for hydroxylation is 1. The van der Waals surface area contributed by atoms with Gasteiger partial charge in [-0.3, -0.25) is 19.4 Å². The molecule has 3 rings (SSSR count). The number of nitrogens with one attached hydrogen (secondary N) is 2. The first-order valence-electron chi connectivity index (χ1n) is 7.74. The van der Waals surface area contributed by atoms with E-state index in [1.807, 2.05) is 26.0 Å². The molecule has 22 heavy (non-hydrogen) atoms. The van der Waals surface area contributed by atoms with E-state index in [0.717, 1.165) is 12.0 Å². The van der Waals surface area contributed by atoms with Crippen LogP contribution in [-0.4, -0.2) is 15.7 Å². The maximum atomic E-state index is 12.4. The van der Waals surface area contributed by atoms with E-state index in [2.05, 4.69) is 29.5 Å². The van der Waals surface area contributed by atoms with Crippen LogP contribution < -0.4 is 10.9 Å². The Balaban J connectivity index is 2.11. The minimum absolute atomic E-state index is 0.0505. The van der Waals surface area contributed by atoms with Crippen LogP contribution >= 0.6 is 0 Å². The van der Waals surface area contributed by atoms with Crippen LogP contribution in [0.15, 0.2) is 29.1 Å². The highest BCUT2D eigenvalue weighted by atomic mass is 16.2. The third-order valence-corrected chi connectivity index (χ3v) is 4.27. The number of anilines is 1. The zero-order valence-electron chi connectivity index (χ0n) is 13.1. The highest BCUT2D eigenvalue weighted by molar-refractivity contribution is 5.94. The van der Waals surface area contributed by atoms with Crippen molar-refractivity contribution in [1.82, 2.24) is 9.78 Å². The Kier molecular flexibility index (Phi) is 3.64. The molecule has 1 aliphatic rings. The molecule has 0 bridgehead atoms. The molecule has 0 radical (unpaired) electrons. The number of rotatable bonds is 3. The van der Waals surface area contributed by atoms with Gasteiger partial charge in [0.25, 0.3) is 5.56 Å². The molecular weight excluding hydrogens is 278 g/mol. The summed E-state index contributed by atoms with van der Waals surface area (Å²) in [6, 6.07) is 8.26. The zero-order chi connectivity index (χ0) is 15.9. The predicted molar refractivity (Wildman–Crippen MR) is 86.3 cm³/mol. The van der Waals surface area contributed by atoms with Gasteiger partial charge in [0, 0.05) is 18.4 Å². The van der Waals surface area contributed by atoms with Gasteiger partial charge in [0.15, 0.2) is 0 Å². The second-order valence-corrected chi connectivity index (χ2v) is 6.07.